The zero-order chi connectivity index (χ0) is 50.0. The fourth-order valence-electron chi connectivity index (χ4n) is 10.00. The van der Waals surface area contributed by atoms with E-state index in [4.69, 9.17) is 4.74 Å². The Balaban J connectivity index is 3.47. The molecule has 0 aromatic heterocycles. The Morgan fingerprint density at radius 1 is 0.391 bits per heavy atom. The molecule has 0 radical (unpaired) electrons. The molecule has 0 rings (SSSR count). The van der Waals surface area contributed by atoms with Gasteiger partial charge < -0.3 is 20.3 Å². The van der Waals surface area contributed by atoms with Crippen LogP contribution < -0.4 is 5.32 Å². The summed E-state index contributed by atoms with van der Waals surface area (Å²) in [4.78, 5) is 24.6. The topological polar surface area (TPSA) is 95.9 Å². The zero-order valence-corrected chi connectivity index (χ0v) is 46.8. The number of carbonyl (C=O) groups is 2. The lowest BCUT2D eigenvalue weighted by atomic mass is 10.0. The Morgan fingerprint density at radius 3 is 1.06 bits per heavy atom. The standard InChI is InChI=1S/C63H123NO5/c1-3-5-7-9-11-13-15-17-19-21-23-24-25-26-27-28-29-30-32-34-36-39-43-47-51-55-61(66)60(59-65)64-62(67)56-52-48-44-40-38-42-46-50-54-58-69-63(68)57-53-49-45-41-37-35-33-31-22-20-18-16-14-12-10-8-6-4-2/h40,44,60-61,65-66H,3-39,41-43,45-59H2,1-2H3,(H,64,67)/b44-40-. The van der Waals surface area contributed by atoms with Crippen molar-refractivity contribution in [2.45, 2.75) is 366 Å². The third-order valence-electron chi connectivity index (χ3n) is 14.8. The van der Waals surface area contributed by atoms with E-state index in [1.807, 2.05) is 0 Å². The van der Waals surface area contributed by atoms with Crippen molar-refractivity contribution in [3.05, 3.63) is 12.2 Å². The van der Waals surface area contributed by atoms with Gasteiger partial charge in [-0.15, -0.1) is 0 Å². The molecule has 0 heterocycles. The van der Waals surface area contributed by atoms with Gasteiger partial charge in [0.2, 0.25) is 5.91 Å². The normalized spacial score (nSPS) is 12.6. The molecule has 2 unspecified atom stereocenters. The molecule has 0 aliphatic carbocycles. The quantitative estimate of drug-likeness (QED) is 0.0321. The second kappa shape index (κ2) is 59.2. The third kappa shape index (κ3) is 55.8. The van der Waals surface area contributed by atoms with Crippen molar-refractivity contribution in [2.75, 3.05) is 13.2 Å². The van der Waals surface area contributed by atoms with Gasteiger partial charge in [0.25, 0.3) is 0 Å². The number of aliphatic hydroxyl groups excluding tert-OH is 2. The molecule has 0 spiro atoms. The van der Waals surface area contributed by atoms with E-state index in [0.29, 0.717) is 25.9 Å². The van der Waals surface area contributed by atoms with Gasteiger partial charge in [-0.25, -0.2) is 0 Å². The van der Waals surface area contributed by atoms with Crippen LogP contribution in [0.15, 0.2) is 12.2 Å². The van der Waals surface area contributed by atoms with Crippen LogP contribution in [0.1, 0.15) is 354 Å². The van der Waals surface area contributed by atoms with Gasteiger partial charge in [0, 0.05) is 12.8 Å². The lowest BCUT2D eigenvalue weighted by Gasteiger charge is -2.22. The highest BCUT2D eigenvalue weighted by atomic mass is 16.5. The summed E-state index contributed by atoms with van der Waals surface area (Å²) >= 11 is 0. The highest BCUT2D eigenvalue weighted by molar-refractivity contribution is 5.76. The van der Waals surface area contributed by atoms with Crippen molar-refractivity contribution in [2.24, 2.45) is 0 Å². The number of allylic oxidation sites excluding steroid dienone is 2. The minimum atomic E-state index is -0.696. The van der Waals surface area contributed by atoms with E-state index in [2.05, 4.69) is 31.3 Å². The third-order valence-corrected chi connectivity index (χ3v) is 14.8. The molecule has 0 fully saturated rings. The summed E-state index contributed by atoms with van der Waals surface area (Å²) in [5.41, 5.74) is 0. The lowest BCUT2D eigenvalue weighted by molar-refractivity contribution is -0.143. The van der Waals surface area contributed by atoms with Crippen molar-refractivity contribution in [1.29, 1.82) is 0 Å². The molecular weight excluding hydrogens is 851 g/mol. The molecular formula is C63H123NO5. The highest BCUT2D eigenvalue weighted by Gasteiger charge is 2.20. The van der Waals surface area contributed by atoms with E-state index in [9.17, 15) is 19.8 Å². The van der Waals surface area contributed by atoms with Crippen LogP contribution in [-0.4, -0.2) is 47.4 Å². The first-order chi connectivity index (χ1) is 34.0. The minimum Gasteiger partial charge on any atom is -0.466 e. The Hall–Kier alpha value is -1.40. The van der Waals surface area contributed by atoms with E-state index in [1.165, 1.54) is 250 Å². The fourth-order valence-corrected chi connectivity index (χ4v) is 10.00. The van der Waals surface area contributed by atoms with Crippen LogP contribution in [0.25, 0.3) is 0 Å². The number of nitrogens with one attached hydrogen (secondary N) is 1. The van der Waals surface area contributed by atoms with Crippen LogP contribution in [0.4, 0.5) is 0 Å². The average molecular weight is 975 g/mol. The number of hydrogen-bond donors (Lipinski definition) is 3. The zero-order valence-electron chi connectivity index (χ0n) is 46.8. The SMILES string of the molecule is CCCCCCCCCCCCCCCCCCCCCCCCCCCC(O)C(CO)NC(=O)CCC/C=C\CCCCCCOC(=O)CCCCCCCCCCCCCCCCCCCC. The summed E-state index contributed by atoms with van der Waals surface area (Å²) in [5, 5.41) is 23.3. The van der Waals surface area contributed by atoms with Gasteiger partial charge in [-0.05, 0) is 44.9 Å². The van der Waals surface area contributed by atoms with Crippen LogP contribution in [-0.2, 0) is 14.3 Å². The van der Waals surface area contributed by atoms with Crippen molar-refractivity contribution >= 4 is 11.9 Å². The summed E-state index contributed by atoms with van der Waals surface area (Å²) in [7, 11) is 0. The second-order valence-corrected chi connectivity index (χ2v) is 21.7. The Bertz CT molecular complexity index is 1030. The number of rotatable bonds is 59. The van der Waals surface area contributed by atoms with Crippen molar-refractivity contribution in [3.8, 4) is 0 Å². The first-order valence-corrected chi connectivity index (χ1v) is 31.4. The molecule has 0 bridgehead atoms. The van der Waals surface area contributed by atoms with Crippen LogP contribution in [0.5, 0.6) is 0 Å². The van der Waals surface area contributed by atoms with Gasteiger partial charge in [0.15, 0.2) is 0 Å². The molecule has 6 nitrogen and oxygen atoms in total. The number of amides is 1. The maximum absolute atomic E-state index is 12.5. The minimum absolute atomic E-state index is 0.0297. The first kappa shape index (κ1) is 67.6. The second-order valence-electron chi connectivity index (χ2n) is 21.7. The molecule has 0 saturated carbocycles. The molecule has 0 aromatic rings. The van der Waals surface area contributed by atoms with Gasteiger partial charge in [0.1, 0.15) is 0 Å². The number of ether oxygens (including phenoxy) is 1. The smallest absolute Gasteiger partial charge is 0.305 e. The Morgan fingerprint density at radius 2 is 0.696 bits per heavy atom. The molecule has 1 amide bonds. The van der Waals surface area contributed by atoms with Crippen LogP contribution in [0, 0.1) is 0 Å². The van der Waals surface area contributed by atoms with Crippen molar-refractivity contribution in [3.63, 3.8) is 0 Å². The maximum atomic E-state index is 12.5. The first-order valence-electron chi connectivity index (χ1n) is 31.4. The lowest BCUT2D eigenvalue weighted by Crippen LogP contribution is -2.45. The van der Waals surface area contributed by atoms with Crippen LogP contribution in [0.2, 0.25) is 0 Å². The maximum Gasteiger partial charge on any atom is 0.305 e. The number of hydrogen-bond acceptors (Lipinski definition) is 5. The molecule has 69 heavy (non-hydrogen) atoms. The molecule has 2 atom stereocenters. The van der Waals surface area contributed by atoms with E-state index in [-0.39, 0.29) is 18.5 Å². The summed E-state index contributed by atoms with van der Waals surface area (Å²) in [6.45, 7) is 4.90. The van der Waals surface area contributed by atoms with E-state index >= 15 is 0 Å². The highest BCUT2D eigenvalue weighted by Crippen LogP contribution is 2.18. The van der Waals surface area contributed by atoms with Gasteiger partial charge >= 0.3 is 5.97 Å². The largest absolute Gasteiger partial charge is 0.466 e. The fraction of sp³-hybridized carbons (Fsp3) is 0.937. The van der Waals surface area contributed by atoms with E-state index in [0.717, 1.165) is 70.6 Å². The molecule has 0 aromatic carbocycles. The molecule has 3 N–H and O–H groups in total. The van der Waals surface area contributed by atoms with Gasteiger partial charge in [-0.2, -0.15) is 0 Å². The molecule has 0 aliphatic heterocycles. The average Bonchev–Trinajstić information content (AvgIpc) is 3.35. The molecule has 0 saturated heterocycles. The number of aliphatic hydroxyl groups is 2. The van der Waals surface area contributed by atoms with E-state index < -0.39 is 12.1 Å². The number of esters is 1. The van der Waals surface area contributed by atoms with Crippen molar-refractivity contribution in [1.82, 2.24) is 5.32 Å². The summed E-state index contributed by atoms with van der Waals surface area (Å²) in [6.07, 6.45) is 70.9. The van der Waals surface area contributed by atoms with Crippen molar-refractivity contribution < 1.29 is 24.5 Å². The predicted octanol–water partition coefficient (Wildman–Crippen LogP) is 19.6. The van der Waals surface area contributed by atoms with E-state index in [1.54, 1.807) is 0 Å². The summed E-state index contributed by atoms with van der Waals surface area (Å²) in [5.74, 6) is -0.120. The Kier molecular flexibility index (Phi) is 58.0. The molecule has 0 aliphatic rings. The van der Waals surface area contributed by atoms with Gasteiger partial charge in [0.05, 0.1) is 25.4 Å². The molecule has 410 valence electrons. The number of unbranched alkanes of at least 4 members (excludes halogenated alkanes) is 46. The van der Waals surface area contributed by atoms with Gasteiger partial charge in [-0.1, -0.05) is 309 Å². The summed E-state index contributed by atoms with van der Waals surface area (Å²) in [6, 6.07) is -0.579. The predicted molar refractivity (Wildman–Crippen MR) is 301 cm³/mol. The Labute approximate surface area is 431 Å². The molecule has 6 heteroatoms. The monoisotopic (exact) mass is 974 g/mol. The van der Waals surface area contributed by atoms with Crippen LogP contribution in [0.3, 0.4) is 0 Å². The van der Waals surface area contributed by atoms with Crippen LogP contribution >= 0.6 is 0 Å². The summed E-state index contributed by atoms with van der Waals surface area (Å²) < 4.78 is 5.47. The van der Waals surface area contributed by atoms with Gasteiger partial charge in [-0.3, -0.25) is 9.59 Å². The number of carbonyl (C=O) groups excluding carboxylic acids is 2.